The van der Waals surface area contributed by atoms with Crippen LogP contribution in [0.1, 0.15) is 58.3 Å². The molecule has 0 aromatic carbocycles. The minimum atomic E-state index is -0.418. The zero-order chi connectivity index (χ0) is 10.4. The first-order valence-electron chi connectivity index (χ1n) is 5.66. The summed E-state index contributed by atoms with van der Waals surface area (Å²) in [4.78, 5) is 11.4. The van der Waals surface area contributed by atoms with Gasteiger partial charge in [-0.05, 0) is 37.7 Å². The van der Waals surface area contributed by atoms with Gasteiger partial charge in [0.2, 0.25) is 0 Å². The van der Waals surface area contributed by atoms with Gasteiger partial charge < -0.3 is 0 Å². The third kappa shape index (κ3) is 3.24. The van der Waals surface area contributed by atoms with E-state index in [0.717, 1.165) is 44.1 Å². The third-order valence-electron chi connectivity index (χ3n) is 2.77. The van der Waals surface area contributed by atoms with Gasteiger partial charge in [0.15, 0.2) is 11.6 Å². The van der Waals surface area contributed by atoms with E-state index in [2.05, 4.69) is 0 Å². The zero-order valence-electron chi connectivity index (χ0n) is 8.94. The number of allylic oxidation sites excluding steroid dienone is 2. The van der Waals surface area contributed by atoms with Gasteiger partial charge >= 0.3 is 0 Å². The van der Waals surface area contributed by atoms with Crippen LogP contribution in [0.5, 0.6) is 0 Å². The van der Waals surface area contributed by atoms with Crippen LogP contribution in [0, 0.1) is 0 Å². The molecule has 1 fully saturated rings. The van der Waals surface area contributed by atoms with Gasteiger partial charge in [0, 0.05) is 6.42 Å². The van der Waals surface area contributed by atoms with E-state index in [4.69, 9.17) is 0 Å². The zero-order valence-corrected chi connectivity index (χ0v) is 8.94. The summed E-state index contributed by atoms with van der Waals surface area (Å²) in [6.45, 7) is 2.01. The molecule has 1 rings (SSSR count). The van der Waals surface area contributed by atoms with E-state index in [1.54, 1.807) is 0 Å². The summed E-state index contributed by atoms with van der Waals surface area (Å²) in [5, 5.41) is 0. The highest BCUT2D eigenvalue weighted by atomic mass is 19.1. The Balaban J connectivity index is 2.51. The Morgan fingerprint density at radius 3 is 2.50 bits per heavy atom. The van der Waals surface area contributed by atoms with Crippen LogP contribution in [0.2, 0.25) is 0 Å². The van der Waals surface area contributed by atoms with Crippen LogP contribution in [0.15, 0.2) is 11.4 Å². The molecule has 80 valence electrons. The lowest BCUT2D eigenvalue weighted by Gasteiger charge is -2.14. The van der Waals surface area contributed by atoms with Gasteiger partial charge in [-0.3, -0.25) is 4.79 Å². The standard InChI is InChI=1S/C12H19FO/c1-2-3-9-11(14)12(13)10-7-5-4-6-8-10/h2-9H2,1H3. The Kier molecular flexibility index (Phi) is 4.85. The molecule has 1 nitrogen and oxygen atoms in total. The first-order chi connectivity index (χ1) is 6.75. The minimum absolute atomic E-state index is 0.274. The normalized spacial score (nSPS) is 16.9. The molecule has 0 spiro atoms. The number of ketones is 1. The maximum Gasteiger partial charge on any atom is 0.191 e. The van der Waals surface area contributed by atoms with E-state index in [9.17, 15) is 9.18 Å². The highest BCUT2D eigenvalue weighted by molar-refractivity contribution is 5.93. The second-order valence-corrected chi connectivity index (χ2v) is 4.00. The molecule has 0 bridgehead atoms. The molecule has 0 unspecified atom stereocenters. The van der Waals surface area contributed by atoms with Crippen molar-refractivity contribution in [3.63, 3.8) is 0 Å². The fourth-order valence-corrected chi connectivity index (χ4v) is 1.84. The van der Waals surface area contributed by atoms with Gasteiger partial charge in [-0.15, -0.1) is 0 Å². The summed E-state index contributed by atoms with van der Waals surface area (Å²) in [6.07, 6.45) is 7.00. The molecule has 1 aliphatic carbocycles. The average Bonchev–Trinajstić information content (AvgIpc) is 2.26. The molecule has 0 aromatic heterocycles. The van der Waals surface area contributed by atoms with Gasteiger partial charge in [-0.2, -0.15) is 0 Å². The van der Waals surface area contributed by atoms with Gasteiger partial charge in [0.1, 0.15) is 0 Å². The summed E-state index contributed by atoms with van der Waals surface area (Å²) >= 11 is 0. The molecule has 0 heterocycles. The Morgan fingerprint density at radius 1 is 1.29 bits per heavy atom. The third-order valence-corrected chi connectivity index (χ3v) is 2.77. The second-order valence-electron chi connectivity index (χ2n) is 4.00. The monoisotopic (exact) mass is 198 g/mol. The van der Waals surface area contributed by atoms with E-state index < -0.39 is 5.83 Å². The minimum Gasteiger partial charge on any atom is -0.292 e. The molecule has 0 saturated heterocycles. The Hall–Kier alpha value is -0.660. The van der Waals surface area contributed by atoms with Crippen LogP contribution in [0.25, 0.3) is 0 Å². The molecule has 2 heteroatoms. The lowest BCUT2D eigenvalue weighted by Crippen LogP contribution is -2.04. The van der Waals surface area contributed by atoms with Crippen LogP contribution in [0.4, 0.5) is 4.39 Å². The summed E-state index contributed by atoms with van der Waals surface area (Å²) < 4.78 is 13.5. The number of rotatable bonds is 4. The Morgan fingerprint density at radius 2 is 1.93 bits per heavy atom. The van der Waals surface area contributed by atoms with Gasteiger partial charge in [-0.25, -0.2) is 4.39 Å². The number of Topliss-reactive ketones (excluding diaryl/α,β-unsaturated/α-hetero) is 1. The first kappa shape index (κ1) is 11.4. The average molecular weight is 198 g/mol. The van der Waals surface area contributed by atoms with Crippen LogP contribution < -0.4 is 0 Å². The van der Waals surface area contributed by atoms with Crippen molar-refractivity contribution in [2.24, 2.45) is 0 Å². The molecular formula is C12H19FO. The summed E-state index contributed by atoms with van der Waals surface area (Å²) in [5.41, 5.74) is 0.775. The highest BCUT2D eigenvalue weighted by Gasteiger charge is 2.16. The Bertz CT molecular complexity index is 222. The number of halogens is 1. The molecule has 0 amide bonds. The molecule has 0 radical (unpaired) electrons. The van der Waals surface area contributed by atoms with Crippen LogP contribution in [-0.2, 0) is 4.79 Å². The molecule has 0 N–H and O–H groups in total. The predicted octanol–water partition coefficient (Wildman–Crippen LogP) is 3.93. The van der Waals surface area contributed by atoms with Gasteiger partial charge in [0.25, 0.3) is 0 Å². The van der Waals surface area contributed by atoms with E-state index in [0.29, 0.717) is 6.42 Å². The van der Waals surface area contributed by atoms with Crippen molar-refractivity contribution in [3.05, 3.63) is 11.4 Å². The molecule has 1 aliphatic rings. The predicted molar refractivity (Wildman–Crippen MR) is 55.8 cm³/mol. The van der Waals surface area contributed by atoms with Crippen molar-refractivity contribution in [3.8, 4) is 0 Å². The topological polar surface area (TPSA) is 17.1 Å². The molecule has 1 saturated carbocycles. The number of carbonyl (C=O) groups excluding carboxylic acids is 1. The van der Waals surface area contributed by atoms with Gasteiger partial charge in [0.05, 0.1) is 0 Å². The SMILES string of the molecule is CCCCC(=O)C(F)=C1CCCCC1. The van der Waals surface area contributed by atoms with E-state index in [-0.39, 0.29) is 5.78 Å². The summed E-state index contributed by atoms with van der Waals surface area (Å²) in [7, 11) is 0. The molecule has 14 heavy (non-hydrogen) atoms. The molecule has 0 aliphatic heterocycles. The second kappa shape index (κ2) is 5.94. The van der Waals surface area contributed by atoms with Crippen LogP contribution >= 0.6 is 0 Å². The lowest BCUT2D eigenvalue weighted by molar-refractivity contribution is -0.117. The number of unbranched alkanes of at least 4 members (excludes halogenated alkanes) is 1. The van der Waals surface area contributed by atoms with Crippen molar-refractivity contribution < 1.29 is 9.18 Å². The fourth-order valence-electron chi connectivity index (χ4n) is 1.84. The van der Waals surface area contributed by atoms with E-state index >= 15 is 0 Å². The lowest BCUT2D eigenvalue weighted by atomic mass is 9.93. The van der Waals surface area contributed by atoms with Crippen molar-refractivity contribution >= 4 is 5.78 Å². The van der Waals surface area contributed by atoms with Crippen molar-refractivity contribution in [1.82, 2.24) is 0 Å². The maximum absolute atomic E-state index is 13.5. The number of carbonyl (C=O) groups is 1. The molecule has 0 aromatic rings. The Labute approximate surface area is 85.4 Å². The molecule has 0 atom stereocenters. The summed E-state index contributed by atoms with van der Waals surface area (Å²) in [5.74, 6) is -0.693. The van der Waals surface area contributed by atoms with E-state index in [1.165, 1.54) is 6.42 Å². The van der Waals surface area contributed by atoms with Crippen LogP contribution in [0.3, 0.4) is 0 Å². The van der Waals surface area contributed by atoms with Gasteiger partial charge in [-0.1, -0.05) is 19.8 Å². The largest absolute Gasteiger partial charge is 0.292 e. The molecular weight excluding hydrogens is 179 g/mol. The summed E-state index contributed by atoms with van der Waals surface area (Å²) in [6, 6.07) is 0. The van der Waals surface area contributed by atoms with E-state index in [1.807, 2.05) is 6.92 Å². The quantitative estimate of drug-likeness (QED) is 0.625. The number of hydrogen-bond donors (Lipinski definition) is 0. The maximum atomic E-state index is 13.5. The smallest absolute Gasteiger partial charge is 0.191 e. The number of hydrogen-bond acceptors (Lipinski definition) is 1. The first-order valence-corrected chi connectivity index (χ1v) is 5.66. The van der Waals surface area contributed by atoms with Crippen molar-refractivity contribution in [2.75, 3.05) is 0 Å². The van der Waals surface area contributed by atoms with Crippen molar-refractivity contribution in [1.29, 1.82) is 0 Å². The highest BCUT2D eigenvalue weighted by Crippen LogP contribution is 2.27. The van der Waals surface area contributed by atoms with Crippen molar-refractivity contribution in [2.45, 2.75) is 58.3 Å². The fraction of sp³-hybridized carbons (Fsp3) is 0.750. The van der Waals surface area contributed by atoms with Crippen LogP contribution in [-0.4, -0.2) is 5.78 Å².